The van der Waals surface area contributed by atoms with Crippen LogP contribution >= 0.6 is 0 Å². The number of methoxy groups -OCH3 is 1. The molecule has 0 saturated carbocycles. The van der Waals surface area contributed by atoms with Crippen LogP contribution in [-0.2, 0) is 7.05 Å². The number of ether oxygens (including phenoxy) is 1. The highest BCUT2D eigenvalue weighted by Crippen LogP contribution is 2.38. The van der Waals surface area contributed by atoms with E-state index >= 15 is 0 Å². The van der Waals surface area contributed by atoms with E-state index in [0.717, 1.165) is 52.5 Å². The third kappa shape index (κ3) is 3.70. The average molecular weight is 429 g/mol. The lowest BCUT2D eigenvalue weighted by atomic mass is 10.1. The summed E-state index contributed by atoms with van der Waals surface area (Å²) in [6.45, 7) is 2.05. The molecule has 0 spiro atoms. The number of nitrogens with zero attached hydrogens (tertiary/aromatic N) is 4. The van der Waals surface area contributed by atoms with Crippen molar-refractivity contribution in [2.24, 2.45) is 7.05 Å². The SMILES string of the molecule is COc1cc(N2CCCCC2)c(N)cc1Nc1nccc(-c2cn(C)c3ccccc23)n1. The third-order valence-corrected chi connectivity index (χ3v) is 6.12. The second-order valence-electron chi connectivity index (χ2n) is 8.22. The number of rotatable bonds is 5. The summed E-state index contributed by atoms with van der Waals surface area (Å²) < 4.78 is 7.79. The molecule has 3 heterocycles. The van der Waals surface area contributed by atoms with Gasteiger partial charge >= 0.3 is 0 Å². The highest BCUT2D eigenvalue weighted by Gasteiger charge is 2.18. The van der Waals surface area contributed by atoms with Gasteiger partial charge in [-0.3, -0.25) is 0 Å². The molecule has 1 fully saturated rings. The highest BCUT2D eigenvalue weighted by atomic mass is 16.5. The van der Waals surface area contributed by atoms with Gasteiger partial charge in [-0.15, -0.1) is 0 Å². The van der Waals surface area contributed by atoms with Gasteiger partial charge in [-0.25, -0.2) is 9.97 Å². The van der Waals surface area contributed by atoms with Crippen LogP contribution in [0.3, 0.4) is 0 Å². The van der Waals surface area contributed by atoms with Crippen molar-refractivity contribution in [2.45, 2.75) is 19.3 Å². The Morgan fingerprint density at radius 2 is 1.88 bits per heavy atom. The van der Waals surface area contributed by atoms with E-state index in [2.05, 4.69) is 38.1 Å². The van der Waals surface area contributed by atoms with Crippen LogP contribution in [0.15, 0.2) is 54.9 Å². The van der Waals surface area contributed by atoms with E-state index < -0.39 is 0 Å². The summed E-state index contributed by atoms with van der Waals surface area (Å²) in [5.74, 6) is 1.22. The topological polar surface area (TPSA) is 81.2 Å². The lowest BCUT2D eigenvalue weighted by Crippen LogP contribution is -2.30. The molecule has 5 rings (SSSR count). The molecule has 0 amide bonds. The Hall–Kier alpha value is -3.74. The number of nitrogens with two attached hydrogens (primary N) is 1. The molecular formula is C25H28N6O. The smallest absolute Gasteiger partial charge is 0.227 e. The van der Waals surface area contributed by atoms with Crippen molar-refractivity contribution in [3.8, 4) is 17.0 Å². The molecule has 1 saturated heterocycles. The van der Waals surface area contributed by atoms with Crippen LogP contribution in [0.2, 0.25) is 0 Å². The van der Waals surface area contributed by atoms with Gasteiger partial charge in [0.1, 0.15) is 5.75 Å². The Morgan fingerprint density at radius 3 is 2.69 bits per heavy atom. The predicted molar refractivity (Wildman–Crippen MR) is 131 cm³/mol. The molecule has 3 N–H and O–H groups in total. The van der Waals surface area contributed by atoms with Gasteiger partial charge in [-0.05, 0) is 37.5 Å². The van der Waals surface area contributed by atoms with Crippen LogP contribution < -0.4 is 20.7 Å². The molecule has 0 atom stereocenters. The first kappa shape index (κ1) is 20.2. The van der Waals surface area contributed by atoms with Crippen LogP contribution in [-0.4, -0.2) is 34.7 Å². The maximum Gasteiger partial charge on any atom is 0.227 e. The van der Waals surface area contributed by atoms with Gasteiger partial charge in [-0.1, -0.05) is 18.2 Å². The number of benzene rings is 2. The quantitative estimate of drug-likeness (QED) is 0.437. The molecule has 0 radical (unpaired) electrons. The number of para-hydroxylation sites is 1. The van der Waals surface area contributed by atoms with Crippen molar-refractivity contribution in [2.75, 3.05) is 36.1 Å². The molecule has 7 heteroatoms. The van der Waals surface area contributed by atoms with E-state index in [-0.39, 0.29) is 0 Å². The first-order chi connectivity index (χ1) is 15.6. The van der Waals surface area contributed by atoms with E-state index in [0.29, 0.717) is 5.95 Å². The van der Waals surface area contributed by atoms with Gasteiger partial charge in [0, 0.05) is 55.1 Å². The van der Waals surface area contributed by atoms with Crippen molar-refractivity contribution in [1.82, 2.24) is 14.5 Å². The largest absolute Gasteiger partial charge is 0.494 e. The van der Waals surface area contributed by atoms with Crippen LogP contribution in [0.5, 0.6) is 5.75 Å². The van der Waals surface area contributed by atoms with Gasteiger partial charge in [-0.2, -0.15) is 0 Å². The minimum atomic E-state index is 0.499. The number of anilines is 4. The molecule has 7 nitrogen and oxygen atoms in total. The second-order valence-corrected chi connectivity index (χ2v) is 8.22. The van der Waals surface area contributed by atoms with Crippen LogP contribution in [0.4, 0.5) is 23.0 Å². The van der Waals surface area contributed by atoms with E-state index in [1.165, 1.54) is 24.8 Å². The number of nitrogen functional groups attached to an aromatic ring is 1. The summed E-state index contributed by atoms with van der Waals surface area (Å²) in [7, 11) is 3.72. The molecule has 2 aromatic heterocycles. The zero-order chi connectivity index (χ0) is 22.1. The molecule has 4 aromatic rings. The third-order valence-electron chi connectivity index (χ3n) is 6.12. The summed E-state index contributed by atoms with van der Waals surface area (Å²) in [4.78, 5) is 11.5. The van der Waals surface area contributed by atoms with Gasteiger partial charge in [0.25, 0.3) is 0 Å². The molecule has 164 valence electrons. The Bertz CT molecular complexity index is 1260. The number of piperidine rings is 1. The standard InChI is InChI=1S/C25H28N6O/c1-30-16-18(17-8-4-5-9-22(17)30)20-10-11-27-25(28-20)29-21-14-19(26)23(15-24(21)32-2)31-12-6-3-7-13-31/h4-5,8-11,14-16H,3,6-7,12-13,26H2,1-2H3,(H,27,28,29). The van der Waals surface area contributed by atoms with Gasteiger partial charge in [0.15, 0.2) is 0 Å². The van der Waals surface area contributed by atoms with Crippen molar-refractivity contribution in [3.05, 3.63) is 54.9 Å². The Kier molecular flexibility index (Phi) is 5.31. The molecule has 0 aliphatic carbocycles. The van der Waals surface area contributed by atoms with E-state index in [1.54, 1.807) is 13.3 Å². The summed E-state index contributed by atoms with van der Waals surface area (Å²) in [6.07, 6.45) is 7.53. The number of fused-ring (bicyclic) bond motifs is 1. The van der Waals surface area contributed by atoms with Crippen molar-refractivity contribution in [3.63, 3.8) is 0 Å². The van der Waals surface area contributed by atoms with Crippen molar-refractivity contribution >= 4 is 33.9 Å². The van der Waals surface area contributed by atoms with Crippen LogP contribution in [0, 0.1) is 0 Å². The van der Waals surface area contributed by atoms with Crippen LogP contribution in [0.25, 0.3) is 22.2 Å². The summed E-state index contributed by atoms with van der Waals surface area (Å²) in [6, 6.07) is 14.2. The van der Waals surface area contributed by atoms with Crippen molar-refractivity contribution < 1.29 is 4.74 Å². The monoisotopic (exact) mass is 428 g/mol. The number of aromatic nitrogens is 3. The Morgan fingerprint density at radius 1 is 1.06 bits per heavy atom. The van der Waals surface area contributed by atoms with E-state index in [9.17, 15) is 0 Å². The average Bonchev–Trinajstić information content (AvgIpc) is 3.17. The van der Waals surface area contributed by atoms with Gasteiger partial charge < -0.3 is 25.3 Å². The molecule has 2 aromatic carbocycles. The second kappa shape index (κ2) is 8.42. The maximum absolute atomic E-state index is 6.43. The number of hydrogen-bond donors (Lipinski definition) is 2. The molecule has 0 bridgehead atoms. The number of aryl methyl sites for hydroxylation is 1. The summed E-state index contributed by atoms with van der Waals surface area (Å²) >= 11 is 0. The van der Waals surface area contributed by atoms with Crippen LogP contribution in [0.1, 0.15) is 19.3 Å². The van der Waals surface area contributed by atoms with Gasteiger partial charge in [0.05, 0.1) is 29.9 Å². The number of hydrogen-bond acceptors (Lipinski definition) is 6. The minimum absolute atomic E-state index is 0.499. The molecule has 1 aliphatic heterocycles. The minimum Gasteiger partial charge on any atom is -0.494 e. The summed E-state index contributed by atoms with van der Waals surface area (Å²) in [5.41, 5.74) is 12.0. The first-order valence-electron chi connectivity index (χ1n) is 11.0. The van der Waals surface area contributed by atoms with Crippen molar-refractivity contribution in [1.29, 1.82) is 0 Å². The zero-order valence-electron chi connectivity index (χ0n) is 18.5. The molecule has 1 aliphatic rings. The predicted octanol–water partition coefficient (Wildman–Crippen LogP) is 4.96. The lowest BCUT2D eigenvalue weighted by molar-refractivity contribution is 0.416. The zero-order valence-corrected chi connectivity index (χ0v) is 18.5. The highest BCUT2D eigenvalue weighted by molar-refractivity contribution is 5.95. The van der Waals surface area contributed by atoms with E-state index in [4.69, 9.17) is 15.5 Å². The molecule has 32 heavy (non-hydrogen) atoms. The molecular weight excluding hydrogens is 400 g/mol. The van der Waals surface area contributed by atoms with Gasteiger partial charge in [0.2, 0.25) is 5.95 Å². The Balaban J connectivity index is 1.47. The van der Waals surface area contributed by atoms with E-state index in [1.807, 2.05) is 37.4 Å². The normalized spacial score (nSPS) is 14.0. The Labute approximate surface area is 187 Å². The first-order valence-corrected chi connectivity index (χ1v) is 11.0. The lowest BCUT2D eigenvalue weighted by Gasteiger charge is -2.30. The summed E-state index contributed by atoms with van der Waals surface area (Å²) in [5, 5.41) is 4.47. The fourth-order valence-electron chi connectivity index (χ4n) is 4.50. The number of nitrogens with one attached hydrogen (secondary N) is 1. The molecule has 0 unspecified atom stereocenters. The fraction of sp³-hybridized carbons (Fsp3) is 0.280. The maximum atomic E-state index is 6.43. The fourth-order valence-corrected chi connectivity index (χ4v) is 4.50.